The van der Waals surface area contributed by atoms with Crippen molar-refractivity contribution < 1.29 is 27.0 Å². The van der Waals surface area contributed by atoms with Crippen LogP contribution in [-0.4, -0.2) is 24.9 Å². The van der Waals surface area contributed by atoms with Crippen molar-refractivity contribution in [3.05, 3.63) is 59.2 Å². The van der Waals surface area contributed by atoms with E-state index in [-0.39, 0.29) is 18.5 Å². The predicted octanol–water partition coefficient (Wildman–Crippen LogP) is 0.0570. The summed E-state index contributed by atoms with van der Waals surface area (Å²) in [6.07, 6.45) is -0.377. The summed E-state index contributed by atoms with van der Waals surface area (Å²) >= 11 is 0. The molecule has 0 saturated carbocycles. The van der Waals surface area contributed by atoms with Crippen molar-refractivity contribution in [1.29, 1.82) is 0 Å². The first-order valence-corrected chi connectivity index (χ1v) is 7.83. The van der Waals surface area contributed by atoms with Gasteiger partial charge in [0.2, 0.25) is 0 Å². The SMILES string of the molecule is COc1cccc(CNCC(C)O)c1OCc1ccc(C)cc1.[Cl-]. The van der Waals surface area contributed by atoms with E-state index in [1.54, 1.807) is 14.0 Å². The molecule has 0 fully saturated rings. The summed E-state index contributed by atoms with van der Waals surface area (Å²) in [7, 11) is 1.64. The van der Waals surface area contributed by atoms with Crippen LogP contribution in [-0.2, 0) is 13.2 Å². The molecule has 1 unspecified atom stereocenters. The molecule has 0 aromatic heterocycles. The van der Waals surface area contributed by atoms with E-state index in [0.717, 1.165) is 16.9 Å². The Kier molecular flexibility index (Phi) is 8.61. The van der Waals surface area contributed by atoms with Gasteiger partial charge in [-0.1, -0.05) is 42.0 Å². The van der Waals surface area contributed by atoms with Gasteiger partial charge in [0.25, 0.3) is 0 Å². The zero-order valence-electron chi connectivity index (χ0n) is 14.4. The van der Waals surface area contributed by atoms with E-state index in [1.165, 1.54) is 5.56 Å². The number of para-hydroxylation sites is 1. The highest BCUT2D eigenvalue weighted by Gasteiger charge is 2.11. The maximum absolute atomic E-state index is 9.36. The van der Waals surface area contributed by atoms with Gasteiger partial charge in [-0.3, -0.25) is 0 Å². The topological polar surface area (TPSA) is 50.7 Å². The Morgan fingerprint density at radius 2 is 1.83 bits per heavy atom. The molecule has 2 rings (SSSR count). The second-order valence-electron chi connectivity index (χ2n) is 5.70. The number of nitrogens with one attached hydrogen (secondary N) is 1. The number of ether oxygens (including phenoxy) is 2. The van der Waals surface area contributed by atoms with Crippen LogP contribution in [0.15, 0.2) is 42.5 Å². The minimum absolute atomic E-state index is 0. The smallest absolute Gasteiger partial charge is 0.166 e. The van der Waals surface area contributed by atoms with Gasteiger partial charge in [0.1, 0.15) is 6.61 Å². The Hall–Kier alpha value is -1.75. The van der Waals surface area contributed by atoms with Crippen LogP contribution in [0.2, 0.25) is 0 Å². The summed E-state index contributed by atoms with van der Waals surface area (Å²) in [6.45, 7) is 5.47. The van der Waals surface area contributed by atoms with Crippen LogP contribution < -0.4 is 27.2 Å². The predicted molar refractivity (Wildman–Crippen MR) is 91.9 cm³/mol. The first-order chi connectivity index (χ1) is 11.1. The van der Waals surface area contributed by atoms with Gasteiger partial charge in [0.15, 0.2) is 11.5 Å². The molecule has 0 aliphatic heterocycles. The fraction of sp³-hybridized carbons (Fsp3) is 0.368. The quantitative estimate of drug-likeness (QED) is 0.707. The number of hydrogen-bond acceptors (Lipinski definition) is 4. The largest absolute Gasteiger partial charge is 1.00 e. The van der Waals surface area contributed by atoms with Crippen molar-refractivity contribution in [2.45, 2.75) is 33.1 Å². The van der Waals surface area contributed by atoms with Crippen molar-refractivity contribution in [3.63, 3.8) is 0 Å². The molecule has 2 N–H and O–H groups in total. The highest BCUT2D eigenvalue weighted by Crippen LogP contribution is 2.31. The Morgan fingerprint density at radius 3 is 2.46 bits per heavy atom. The normalized spacial score (nSPS) is 11.5. The maximum Gasteiger partial charge on any atom is 0.166 e. The summed E-state index contributed by atoms with van der Waals surface area (Å²) in [5, 5.41) is 12.6. The maximum atomic E-state index is 9.36. The van der Waals surface area contributed by atoms with Gasteiger partial charge in [0, 0.05) is 18.7 Å². The van der Waals surface area contributed by atoms with Crippen LogP contribution in [0.3, 0.4) is 0 Å². The number of aliphatic hydroxyl groups excluding tert-OH is 1. The van der Waals surface area contributed by atoms with Gasteiger partial charge >= 0.3 is 0 Å². The molecule has 4 nitrogen and oxygen atoms in total. The highest BCUT2D eigenvalue weighted by molar-refractivity contribution is 5.46. The Morgan fingerprint density at radius 1 is 1.12 bits per heavy atom. The van der Waals surface area contributed by atoms with E-state index in [2.05, 4.69) is 36.5 Å². The molecule has 5 heteroatoms. The fourth-order valence-corrected chi connectivity index (χ4v) is 2.28. The number of rotatable bonds is 8. The summed E-state index contributed by atoms with van der Waals surface area (Å²) in [4.78, 5) is 0. The van der Waals surface area contributed by atoms with Crippen LogP contribution in [0.1, 0.15) is 23.6 Å². The van der Waals surface area contributed by atoms with Crippen LogP contribution in [0, 0.1) is 6.92 Å². The molecule has 24 heavy (non-hydrogen) atoms. The highest BCUT2D eigenvalue weighted by atomic mass is 35.5. The van der Waals surface area contributed by atoms with Crippen molar-refractivity contribution >= 4 is 0 Å². The first-order valence-electron chi connectivity index (χ1n) is 7.83. The van der Waals surface area contributed by atoms with Gasteiger partial charge in [-0.25, -0.2) is 0 Å². The van der Waals surface area contributed by atoms with Crippen LogP contribution in [0.25, 0.3) is 0 Å². The number of aliphatic hydroxyl groups is 1. The van der Waals surface area contributed by atoms with Gasteiger partial charge in [0.05, 0.1) is 13.2 Å². The van der Waals surface area contributed by atoms with E-state index in [1.807, 2.05) is 18.2 Å². The first kappa shape index (κ1) is 20.3. The van der Waals surface area contributed by atoms with Crippen molar-refractivity contribution in [1.82, 2.24) is 5.32 Å². The van der Waals surface area contributed by atoms with E-state index < -0.39 is 0 Å². The lowest BCUT2D eigenvalue weighted by Gasteiger charge is -2.16. The summed E-state index contributed by atoms with van der Waals surface area (Å²) in [6, 6.07) is 14.1. The van der Waals surface area contributed by atoms with Crippen LogP contribution in [0.4, 0.5) is 0 Å². The van der Waals surface area contributed by atoms with Crippen molar-refractivity contribution in [2.24, 2.45) is 0 Å². The molecule has 0 amide bonds. The molecule has 0 saturated heterocycles. The Labute approximate surface area is 150 Å². The van der Waals surface area contributed by atoms with Gasteiger partial charge in [-0.2, -0.15) is 0 Å². The number of benzene rings is 2. The van der Waals surface area contributed by atoms with E-state index in [9.17, 15) is 5.11 Å². The van der Waals surface area contributed by atoms with Crippen LogP contribution in [0.5, 0.6) is 11.5 Å². The van der Waals surface area contributed by atoms with Crippen LogP contribution >= 0.6 is 0 Å². The second-order valence-corrected chi connectivity index (χ2v) is 5.70. The average molecular weight is 351 g/mol. The average Bonchev–Trinajstić information content (AvgIpc) is 2.54. The summed E-state index contributed by atoms with van der Waals surface area (Å²) in [5.41, 5.74) is 3.36. The molecule has 2 aromatic rings. The third-order valence-electron chi connectivity index (χ3n) is 3.54. The molecule has 1 atom stereocenters. The molecular weight excluding hydrogens is 326 g/mol. The van der Waals surface area contributed by atoms with Gasteiger partial charge < -0.3 is 32.3 Å². The fourth-order valence-electron chi connectivity index (χ4n) is 2.28. The zero-order chi connectivity index (χ0) is 16.7. The standard InChI is InChI=1S/C19H25NO3.ClH/c1-14-7-9-16(10-8-14)13-23-19-17(12-20-11-15(2)21)5-4-6-18(19)22-3;/h4-10,15,20-21H,11-13H2,1-3H3;1H/p-1. The zero-order valence-corrected chi connectivity index (χ0v) is 15.1. The van der Waals surface area contributed by atoms with E-state index >= 15 is 0 Å². The Bertz CT molecular complexity index is 615. The Balaban J connectivity index is 0.00000288. The molecule has 132 valence electrons. The number of hydrogen-bond donors (Lipinski definition) is 2. The second kappa shape index (κ2) is 10.2. The molecular formula is C19H25ClNO3-. The minimum Gasteiger partial charge on any atom is -1.00 e. The van der Waals surface area contributed by atoms with Gasteiger partial charge in [-0.05, 0) is 25.5 Å². The number of aryl methyl sites for hydroxylation is 1. The molecule has 2 aromatic carbocycles. The van der Waals surface area contributed by atoms with Crippen molar-refractivity contribution in [3.8, 4) is 11.5 Å². The van der Waals surface area contributed by atoms with Crippen molar-refractivity contribution in [2.75, 3.05) is 13.7 Å². The third-order valence-corrected chi connectivity index (χ3v) is 3.54. The molecule has 0 aliphatic carbocycles. The molecule has 0 heterocycles. The summed E-state index contributed by atoms with van der Waals surface area (Å²) < 4.78 is 11.4. The van der Waals surface area contributed by atoms with E-state index in [4.69, 9.17) is 9.47 Å². The van der Waals surface area contributed by atoms with E-state index in [0.29, 0.717) is 25.4 Å². The molecule has 0 spiro atoms. The minimum atomic E-state index is -0.377. The monoisotopic (exact) mass is 350 g/mol. The lowest BCUT2D eigenvalue weighted by atomic mass is 10.1. The number of methoxy groups -OCH3 is 1. The number of halogens is 1. The summed E-state index contributed by atoms with van der Waals surface area (Å²) in [5.74, 6) is 1.46. The third kappa shape index (κ3) is 6.04. The van der Waals surface area contributed by atoms with Gasteiger partial charge in [-0.15, -0.1) is 0 Å². The molecule has 0 bridgehead atoms. The molecule has 0 radical (unpaired) electrons. The lowest BCUT2D eigenvalue weighted by molar-refractivity contribution is -0.00000756. The lowest BCUT2D eigenvalue weighted by Crippen LogP contribution is -3.00. The molecule has 0 aliphatic rings.